The molecule has 0 radical (unpaired) electrons. The van der Waals surface area contributed by atoms with Gasteiger partial charge in [0.1, 0.15) is 5.75 Å². The Morgan fingerprint density at radius 2 is 1.59 bits per heavy atom. The Morgan fingerprint density at radius 1 is 0.974 bits per heavy atom. The number of aliphatic carboxylic acids is 1. The molecule has 4 rings (SSSR count). The molecule has 3 aromatic rings. The zero-order chi connectivity index (χ0) is 28.5. The van der Waals surface area contributed by atoms with Gasteiger partial charge in [0.2, 0.25) is 0 Å². The molecule has 1 atom stereocenters. The summed E-state index contributed by atoms with van der Waals surface area (Å²) in [5.74, 6) is -0.190. The van der Waals surface area contributed by atoms with Gasteiger partial charge in [-0.1, -0.05) is 50.2 Å². The number of pyridine rings is 1. The van der Waals surface area contributed by atoms with Crippen LogP contribution in [0.15, 0.2) is 48.5 Å². The number of aryl methyl sites for hydroxylation is 2. The number of carboxylic acids is 1. The molecule has 1 N–H and O–H groups in total. The number of hydrogen-bond donors (Lipinski definition) is 1. The Bertz CT molecular complexity index is 1330. The van der Waals surface area contributed by atoms with E-state index in [0.29, 0.717) is 11.3 Å². The van der Waals surface area contributed by atoms with Crippen LogP contribution in [-0.4, -0.2) is 41.9 Å². The van der Waals surface area contributed by atoms with Gasteiger partial charge >= 0.3 is 5.97 Å². The first-order valence-electron chi connectivity index (χ1n) is 13.7. The van der Waals surface area contributed by atoms with Crippen molar-refractivity contribution in [2.24, 2.45) is 5.41 Å². The van der Waals surface area contributed by atoms with Gasteiger partial charge in [0, 0.05) is 35.6 Å². The van der Waals surface area contributed by atoms with Crippen LogP contribution in [-0.2, 0) is 9.53 Å². The molecule has 39 heavy (non-hydrogen) atoms. The Morgan fingerprint density at radius 3 is 2.15 bits per heavy atom. The first-order valence-corrected chi connectivity index (χ1v) is 13.7. The molecule has 1 aliphatic heterocycles. The van der Waals surface area contributed by atoms with Gasteiger partial charge in [0.15, 0.2) is 6.10 Å². The second-order valence-corrected chi connectivity index (χ2v) is 12.3. The fraction of sp³-hybridized carbons (Fsp3) is 0.455. The van der Waals surface area contributed by atoms with Crippen LogP contribution in [0.1, 0.15) is 70.5 Å². The van der Waals surface area contributed by atoms with Gasteiger partial charge < -0.3 is 19.5 Å². The van der Waals surface area contributed by atoms with Crippen molar-refractivity contribution in [1.82, 2.24) is 4.98 Å². The van der Waals surface area contributed by atoms with Gasteiger partial charge in [-0.25, -0.2) is 4.79 Å². The minimum absolute atomic E-state index is 0.250. The van der Waals surface area contributed by atoms with Crippen molar-refractivity contribution in [2.45, 2.75) is 73.0 Å². The second-order valence-electron chi connectivity index (χ2n) is 12.3. The third-order valence-electron chi connectivity index (χ3n) is 7.55. The molecule has 208 valence electrons. The number of nitrogens with zero attached hydrogens (tertiary/aromatic N) is 2. The Hall–Kier alpha value is -3.38. The lowest BCUT2D eigenvalue weighted by Crippen LogP contribution is -2.39. The first-order chi connectivity index (χ1) is 18.3. The van der Waals surface area contributed by atoms with Gasteiger partial charge in [-0.2, -0.15) is 0 Å². The molecule has 1 unspecified atom stereocenters. The quantitative estimate of drug-likeness (QED) is 0.339. The van der Waals surface area contributed by atoms with Crippen molar-refractivity contribution in [3.05, 3.63) is 65.5 Å². The highest BCUT2D eigenvalue weighted by Crippen LogP contribution is 2.45. The summed E-state index contributed by atoms with van der Waals surface area (Å²) in [5, 5.41) is 10.4. The fourth-order valence-electron chi connectivity index (χ4n) is 5.39. The van der Waals surface area contributed by atoms with E-state index in [1.807, 2.05) is 52.8 Å². The van der Waals surface area contributed by atoms with E-state index in [1.165, 1.54) is 0 Å². The van der Waals surface area contributed by atoms with Gasteiger partial charge in [-0.15, -0.1) is 0 Å². The molecule has 6 heteroatoms. The van der Waals surface area contributed by atoms with E-state index in [9.17, 15) is 9.90 Å². The van der Waals surface area contributed by atoms with Crippen molar-refractivity contribution >= 4 is 11.7 Å². The van der Waals surface area contributed by atoms with E-state index < -0.39 is 17.7 Å². The monoisotopic (exact) mass is 530 g/mol. The summed E-state index contributed by atoms with van der Waals surface area (Å²) in [7, 11) is 1.67. The van der Waals surface area contributed by atoms with Crippen LogP contribution in [0.5, 0.6) is 5.75 Å². The van der Waals surface area contributed by atoms with Crippen molar-refractivity contribution < 1.29 is 19.4 Å². The van der Waals surface area contributed by atoms with Crippen LogP contribution >= 0.6 is 0 Å². The van der Waals surface area contributed by atoms with Crippen LogP contribution in [0.4, 0.5) is 5.69 Å². The normalized spacial score (nSPS) is 16.2. The summed E-state index contributed by atoms with van der Waals surface area (Å²) in [6.07, 6.45) is 0.926. The van der Waals surface area contributed by atoms with E-state index in [0.717, 1.165) is 65.3 Å². The molecule has 1 saturated heterocycles. The molecule has 1 fully saturated rings. The van der Waals surface area contributed by atoms with Crippen LogP contribution in [0, 0.1) is 19.3 Å². The standard InChI is InChI=1S/C33H42N2O4/c1-21-27(24-14-12-23(13-15-24)25-10-9-11-26(20-25)38-8)29(35-18-16-33(6,7)17-19-35)28(22(2)34-21)30(31(36)37)39-32(3,4)5/h9-15,20,30H,16-19H2,1-8H3,(H,36,37). The molecule has 0 spiro atoms. The topological polar surface area (TPSA) is 71.9 Å². The van der Waals surface area contributed by atoms with Crippen molar-refractivity contribution in [1.29, 1.82) is 0 Å². The highest BCUT2D eigenvalue weighted by atomic mass is 16.5. The number of carboxylic acid groups (broad SMARTS) is 1. The predicted octanol–water partition coefficient (Wildman–Crippen LogP) is 7.61. The maximum Gasteiger partial charge on any atom is 0.337 e. The number of methoxy groups -OCH3 is 1. The van der Waals surface area contributed by atoms with Gasteiger partial charge in [0.05, 0.1) is 18.4 Å². The van der Waals surface area contributed by atoms with E-state index in [1.54, 1.807) is 7.11 Å². The molecular formula is C33H42N2O4. The number of hydrogen-bond acceptors (Lipinski definition) is 5. The van der Waals surface area contributed by atoms with Crippen LogP contribution < -0.4 is 9.64 Å². The highest BCUT2D eigenvalue weighted by Gasteiger charge is 2.36. The Kier molecular flexibility index (Phi) is 8.08. The summed E-state index contributed by atoms with van der Waals surface area (Å²) < 4.78 is 11.6. The number of rotatable bonds is 7. The lowest BCUT2D eigenvalue weighted by molar-refractivity contribution is -0.160. The van der Waals surface area contributed by atoms with E-state index in [4.69, 9.17) is 14.5 Å². The lowest BCUT2D eigenvalue weighted by atomic mass is 9.81. The number of benzene rings is 2. The maximum atomic E-state index is 12.7. The number of ether oxygens (including phenoxy) is 2. The number of anilines is 1. The molecule has 0 bridgehead atoms. The van der Waals surface area contributed by atoms with E-state index >= 15 is 0 Å². The molecule has 2 heterocycles. The average molecular weight is 531 g/mol. The zero-order valence-electron chi connectivity index (χ0n) is 24.6. The molecular weight excluding hydrogens is 488 g/mol. The Labute approximate surface area is 233 Å². The number of aromatic nitrogens is 1. The third-order valence-corrected chi connectivity index (χ3v) is 7.55. The minimum atomic E-state index is -1.13. The third kappa shape index (κ3) is 6.44. The lowest BCUT2D eigenvalue weighted by Gasteiger charge is -2.41. The molecule has 0 amide bonds. The second kappa shape index (κ2) is 11.0. The van der Waals surface area contributed by atoms with Crippen LogP contribution in [0.2, 0.25) is 0 Å². The summed E-state index contributed by atoms with van der Waals surface area (Å²) >= 11 is 0. The largest absolute Gasteiger partial charge is 0.497 e. The SMILES string of the molecule is COc1cccc(-c2ccc(-c3c(C)nc(C)c(C(OC(C)(C)C)C(=O)O)c3N3CCC(C)(C)CC3)cc2)c1. The van der Waals surface area contributed by atoms with Gasteiger partial charge in [-0.3, -0.25) is 4.98 Å². The summed E-state index contributed by atoms with van der Waals surface area (Å²) in [5.41, 5.74) is 6.89. The maximum absolute atomic E-state index is 12.7. The zero-order valence-corrected chi connectivity index (χ0v) is 24.6. The minimum Gasteiger partial charge on any atom is -0.497 e. The predicted molar refractivity (Wildman–Crippen MR) is 158 cm³/mol. The molecule has 0 saturated carbocycles. The summed E-state index contributed by atoms with van der Waals surface area (Å²) in [6.45, 7) is 15.9. The van der Waals surface area contributed by atoms with E-state index in [-0.39, 0.29) is 5.41 Å². The van der Waals surface area contributed by atoms with E-state index in [2.05, 4.69) is 49.1 Å². The van der Waals surface area contributed by atoms with Crippen LogP contribution in [0.3, 0.4) is 0 Å². The number of piperidine rings is 1. The van der Waals surface area contributed by atoms with Gasteiger partial charge in [0.25, 0.3) is 0 Å². The van der Waals surface area contributed by atoms with Crippen molar-refractivity contribution in [3.8, 4) is 28.0 Å². The average Bonchev–Trinajstić information content (AvgIpc) is 2.87. The number of carbonyl (C=O) groups is 1. The van der Waals surface area contributed by atoms with Gasteiger partial charge in [-0.05, 0) is 81.7 Å². The molecule has 0 aliphatic carbocycles. The first kappa shape index (κ1) is 28.6. The summed E-state index contributed by atoms with van der Waals surface area (Å²) in [6, 6.07) is 16.4. The molecule has 2 aromatic carbocycles. The van der Waals surface area contributed by atoms with Crippen molar-refractivity contribution in [3.63, 3.8) is 0 Å². The summed E-state index contributed by atoms with van der Waals surface area (Å²) in [4.78, 5) is 19.9. The van der Waals surface area contributed by atoms with Crippen molar-refractivity contribution in [2.75, 3.05) is 25.1 Å². The molecule has 1 aromatic heterocycles. The fourth-order valence-corrected chi connectivity index (χ4v) is 5.39. The smallest absolute Gasteiger partial charge is 0.337 e. The highest BCUT2D eigenvalue weighted by molar-refractivity contribution is 5.88. The molecule has 1 aliphatic rings. The molecule has 6 nitrogen and oxygen atoms in total. The Balaban J connectivity index is 1.90. The van der Waals surface area contributed by atoms with Crippen LogP contribution in [0.25, 0.3) is 22.3 Å².